The summed E-state index contributed by atoms with van der Waals surface area (Å²) >= 11 is 0. The summed E-state index contributed by atoms with van der Waals surface area (Å²) in [5, 5.41) is 0. The molecule has 0 spiro atoms. The fraction of sp³-hybridized carbons (Fsp3) is 0.800. The Hall–Kier alpha value is -0.570. The first-order chi connectivity index (χ1) is 3.84. The second-order valence-electron chi connectivity index (χ2n) is 1.87. The van der Waals surface area contributed by atoms with Crippen LogP contribution >= 0.6 is 0 Å². The molecular weight excluding hydrogens is 106 g/mol. The number of hydrogen-bond donors (Lipinski definition) is 0. The van der Waals surface area contributed by atoms with Crippen LogP contribution in [0, 0.1) is 0 Å². The first-order valence-corrected chi connectivity index (χ1v) is 2.68. The Morgan fingerprint density at radius 1 is 1.75 bits per heavy atom. The fourth-order valence-electron chi connectivity index (χ4n) is 0.588. The Balaban J connectivity index is 2.12. The molecule has 1 fully saturated rings. The van der Waals surface area contributed by atoms with Gasteiger partial charge >= 0.3 is 0 Å². The van der Waals surface area contributed by atoms with Gasteiger partial charge in [-0.1, -0.05) is 0 Å². The van der Waals surface area contributed by atoms with E-state index in [1.165, 1.54) is 0 Å². The van der Waals surface area contributed by atoms with Gasteiger partial charge in [0.15, 0.2) is 6.23 Å². The van der Waals surface area contributed by atoms with E-state index in [0.29, 0.717) is 6.47 Å². The van der Waals surface area contributed by atoms with Gasteiger partial charge in [-0.25, -0.2) is 0 Å². The molecule has 3 heteroatoms. The van der Waals surface area contributed by atoms with Gasteiger partial charge in [0.25, 0.3) is 6.47 Å². The van der Waals surface area contributed by atoms with Crippen LogP contribution in [0.2, 0.25) is 0 Å². The molecule has 1 aliphatic heterocycles. The van der Waals surface area contributed by atoms with Crippen molar-refractivity contribution in [2.75, 3.05) is 13.1 Å². The second kappa shape index (κ2) is 2.13. The van der Waals surface area contributed by atoms with Crippen LogP contribution in [0.4, 0.5) is 0 Å². The van der Waals surface area contributed by atoms with Gasteiger partial charge in [0.05, 0.1) is 0 Å². The molecule has 1 aliphatic rings. The van der Waals surface area contributed by atoms with E-state index in [0.717, 1.165) is 13.1 Å². The van der Waals surface area contributed by atoms with Gasteiger partial charge in [0, 0.05) is 13.1 Å². The van der Waals surface area contributed by atoms with Crippen LogP contribution in [-0.2, 0) is 9.53 Å². The molecule has 1 rings (SSSR count). The lowest BCUT2D eigenvalue weighted by molar-refractivity contribution is -0.137. The quantitative estimate of drug-likeness (QED) is 0.377. The third-order valence-corrected chi connectivity index (χ3v) is 1.25. The van der Waals surface area contributed by atoms with Crippen molar-refractivity contribution in [1.29, 1.82) is 0 Å². The zero-order valence-electron chi connectivity index (χ0n) is 4.83. The molecule has 0 N–H and O–H groups in total. The Labute approximate surface area is 48.2 Å². The molecule has 1 heterocycles. The van der Waals surface area contributed by atoms with Gasteiger partial charge in [-0.2, -0.15) is 0 Å². The predicted octanol–water partition coefficient (Wildman–Crippen LogP) is -0.179. The summed E-state index contributed by atoms with van der Waals surface area (Å²) in [7, 11) is 0. The lowest BCUT2D eigenvalue weighted by atomic mass is 10.7. The predicted molar refractivity (Wildman–Crippen MR) is 28.2 cm³/mol. The highest BCUT2D eigenvalue weighted by molar-refractivity contribution is 5.37. The lowest BCUT2D eigenvalue weighted by Crippen LogP contribution is -2.16. The van der Waals surface area contributed by atoms with Crippen LogP contribution in [0.5, 0.6) is 0 Å². The van der Waals surface area contributed by atoms with Crippen molar-refractivity contribution < 1.29 is 9.53 Å². The van der Waals surface area contributed by atoms with Gasteiger partial charge < -0.3 is 4.74 Å². The Morgan fingerprint density at radius 3 is 2.75 bits per heavy atom. The normalized spacial score (nSPS) is 22.1. The number of nitrogens with zero attached hydrogens (tertiary/aromatic N) is 1. The van der Waals surface area contributed by atoms with Crippen LogP contribution < -0.4 is 0 Å². The van der Waals surface area contributed by atoms with E-state index in [1.54, 1.807) is 0 Å². The van der Waals surface area contributed by atoms with Crippen molar-refractivity contribution >= 4 is 6.47 Å². The standard InChI is InChI=1S/C5H9NO2/c1-5(8-4-7)6-2-3-6/h4-5H,2-3H2,1H3. The topological polar surface area (TPSA) is 29.3 Å². The van der Waals surface area contributed by atoms with Crippen LogP contribution in [0.25, 0.3) is 0 Å². The minimum absolute atomic E-state index is 0.00694. The first-order valence-electron chi connectivity index (χ1n) is 2.68. The van der Waals surface area contributed by atoms with Gasteiger partial charge in [-0.3, -0.25) is 9.69 Å². The zero-order chi connectivity index (χ0) is 5.98. The first kappa shape index (κ1) is 5.56. The summed E-state index contributed by atoms with van der Waals surface area (Å²) in [6.07, 6.45) is -0.00694. The number of carbonyl (C=O) groups excluding carboxylic acids is 1. The van der Waals surface area contributed by atoms with Crippen molar-refractivity contribution in [2.24, 2.45) is 0 Å². The summed E-state index contributed by atoms with van der Waals surface area (Å²) < 4.78 is 4.61. The number of hydrogen-bond acceptors (Lipinski definition) is 3. The summed E-state index contributed by atoms with van der Waals surface area (Å²) in [5.74, 6) is 0. The number of ether oxygens (including phenoxy) is 1. The SMILES string of the molecule is CC(OC=O)N1CC1. The average molecular weight is 115 g/mol. The minimum atomic E-state index is -0.00694. The molecule has 0 aliphatic carbocycles. The highest BCUT2D eigenvalue weighted by Gasteiger charge is 2.24. The molecule has 1 unspecified atom stereocenters. The number of carbonyl (C=O) groups is 1. The lowest BCUT2D eigenvalue weighted by Gasteiger charge is -2.07. The molecule has 0 aromatic rings. The molecule has 0 bridgehead atoms. The van der Waals surface area contributed by atoms with E-state index in [-0.39, 0.29) is 6.23 Å². The molecule has 0 aromatic heterocycles. The maximum Gasteiger partial charge on any atom is 0.294 e. The molecule has 0 amide bonds. The van der Waals surface area contributed by atoms with E-state index < -0.39 is 0 Å². The van der Waals surface area contributed by atoms with E-state index in [2.05, 4.69) is 9.64 Å². The largest absolute Gasteiger partial charge is 0.449 e. The molecule has 0 radical (unpaired) electrons. The van der Waals surface area contributed by atoms with Crippen molar-refractivity contribution in [2.45, 2.75) is 13.2 Å². The van der Waals surface area contributed by atoms with Crippen molar-refractivity contribution in [3.8, 4) is 0 Å². The maximum atomic E-state index is 9.70. The highest BCUT2D eigenvalue weighted by atomic mass is 16.5. The van der Waals surface area contributed by atoms with E-state index in [4.69, 9.17) is 0 Å². The molecule has 0 aromatic carbocycles. The third-order valence-electron chi connectivity index (χ3n) is 1.25. The van der Waals surface area contributed by atoms with Gasteiger partial charge in [-0.15, -0.1) is 0 Å². The summed E-state index contributed by atoms with van der Waals surface area (Å²) in [5.41, 5.74) is 0. The third kappa shape index (κ3) is 1.20. The minimum Gasteiger partial charge on any atom is -0.449 e. The molecule has 8 heavy (non-hydrogen) atoms. The van der Waals surface area contributed by atoms with E-state index in [9.17, 15) is 4.79 Å². The van der Waals surface area contributed by atoms with Gasteiger partial charge in [0.2, 0.25) is 0 Å². The average Bonchev–Trinajstić information content (AvgIpc) is 2.45. The maximum absolute atomic E-state index is 9.70. The molecule has 3 nitrogen and oxygen atoms in total. The smallest absolute Gasteiger partial charge is 0.294 e. The molecule has 1 atom stereocenters. The van der Waals surface area contributed by atoms with Crippen LogP contribution in [0.15, 0.2) is 0 Å². The molecular formula is C5H9NO2. The van der Waals surface area contributed by atoms with Crippen LogP contribution in [0.3, 0.4) is 0 Å². The summed E-state index contributed by atoms with van der Waals surface area (Å²) in [6, 6.07) is 0. The Morgan fingerprint density at radius 2 is 2.38 bits per heavy atom. The Kier molecular flexibility index (Phi) is 1.48. The van der Waals surface area contributed by atoms with E-state index in [1.807, 2.05) is 6.92 Å². The summed E-state index contributed by atoms with van der Waals surface area (Å²) in [6.45, 7) is 4.48. The summed E-state index contributed by atoms with van der Waals surface area (Å²) in [4.78, 5) is 11.7. The van der Waals surface area contributed by atoms with Gasteiger partial charge in [-0.05, 0) is 6.92 Å². The second-order valence-corrected chi connectivity index (χ2v) is 1.87. The van der Waals surface area contributed by atoms with Crippen molar-refractivity contribution in [1.82, 2.24) is 4.90 Å². The zero-order valence-corrected chi connectivity index (χ0v) is 4.83. The number of rotatable bonds is 3. The molecule has 1 saturated heterocycles. The molecule has 46 valence electrons. The Bertz CT molecular complexity index is 90.4. The van der Waals surface area contributed by atoms with Crippen LogP contribution in [0.1, 0.15) is 6.92 Å². The van der Waals surface area contributed by atoms with Gasteiger partial charge in [0.1, 0.15) is 0 Å². The highest BCUT2D eigenvalue weighted by Crippen LogP contribution is 2.09. The van der Waals surface area contributed by atoms with Crippen LogP contribution in [-0.4, -0.2) is 30.7 Å². The fourth-order valence-corrected chi connectivity index (χ4v) is 0.588. The van der Waals surface area contributed by atoms with Crippen molar-refractivity contribution in [3.63, 3.8) is 0 Å². The van der Waals surface area contributed by atoms with E-state index >= 15 is 0 Å². The molecule has 0 saturated carbocycles. The monoisotopic (exact) mass is 115 g/mol. The van der Waals surface area contributed by atoms with Crippen molar-refractivity contribution in [3.05, 3.63) is 0 Å².